The summed E-state index contributed by atoms with van der Waals surface area (Å²) >= 11 is 0. The Morgan fingerprint density at radius 3 is 2.70 bits per heavy atom. The first-order valence-electron chi connectivity index (χ1n) is 7.07. The lowest BCUT2D eigenvalue weighted by Crippen LogP contribution is -2.52. The van der Waals surface area contributed by atoms with Gasteiger partial charge in [0.05, 0.1) is 0 Å². The topological polar surface area (TPSA) is 67.8 Å². The van der Waals surface area contributed by atoms with Gasteiger partial charge in [0.25, 0.3) is 0 Å². The van der Waals surface area contributed by atoms with Crippen molar-refractivity contribution >= 4 is 5.97 Å². The van der Waals surface area contributed by atoms with E-state index in [1.54, 1.807) is 0 Å². The van der Waals surface area contributed by atoms with Crippen LogP contribution in [0.3, 0.4) is 0 Å². The molecule has 2 aliphatic rings. The smallest absolute Gasteiger partial charge is 0.323 e. The molecule has 0 bridgehead atoms. The summed E-state index contributed by atoms with van der Waals surface area (Å²) in [4.78, 5) is 11.6. The van der Waals surface area contributed by atoms with Crippen LogP contribution in [0.5, 0.6) is 11.5 Å². The lowest BCUT2D eigenvalue weighted by atomic mass is 9.81. The van der Waals surface area contributed by atoms with E-state index in [1.807, 2.05) is 18.2 Å². The molecule has 1 aromatic carbocycles. The molecule has 1 heterocycles. The minimum absolute atomic E-state index is 0.255. The van der Waals surface area contributed by atoms with Crippen LogP contribution in [0, 0.1) is 0 Å². The maximum Gasteiger partial charge on any atom is 0.323 e. The summed E-state index contributed by atoms with van der Waals surface area (Å²) in [6, 6.07) is 5.72. The fourth-order valence-electron chi connectivity index (χ4n) is 2.94. The van der Waals surface area contributed by atoms with Gasteiger partial charge < -0.3 is 14.6 Å². The van der Waals surface area contributed by atoms with Crippen LogP contribution in [0.4, 0.5) is 0 Å². The summed E-state index contributed by atoms with van der Waals surface area (Å²) in [6.45, 7) is 0.786. The number of carbonyl (C=O) groups is 1. The molecule has 0 amide bonds. The molecule has 1 saturated carbocycles. The highest BCUT2D eigenvalue weighted by Crippen LogP contribution is 2.33. The number of aliphatic carboxylic acids is 1. The molecule has 0 atom stereocenters. The third-order valence-electron chi connectivity index (χ3n) is 4.18. The van der Waals surface area contributed by atoms with Crippen molar-refractivity contribution in [1.82, 2.24) is 5.32 Å². The Labute approximate surface area is 117 Å². The van der Waals surface area contributed by atoms with E-state index < -0.39 is 11.5 Å². The lowest BCUT2D eigenvalue weighted by molar-refractivity contribution is -0.146. The van der Waals surface area contributed by atoms with E-state index in [0.29, 0.717) is 19.4 Å². The second-order valence-corrected chi connectivity index (χ2v) is 5.49. The van der Waals surface area contributed by atoms with Crippen molar-refractivity contribution in [1.29, 1.82) is 0 Å². The molecular formula is C15H19NO4. The molecule has 20 heavy (non-hydrogen) atoms. The maximum atomic E-state index is 11.6. The van der Waals surface area contributed by atoms with Crippen molar-refractivity contribution in [2.45, 2.75) is 44.2 Å². The van der Waals surface area contributed by atoms with E-state index in [0.717, 1.165) is 36.3 Å². The van der Waals surface area contributed by atoms with Crippen molar-refractivity contribution in [2.75, 3.05) is 6.79 Å². The monoisotopic (exact) mass is 277 g/mol. The Kier molecular flexibility index (Phi) is 3.53. The third kappa shape index (κ3) is 2.45. The van der Waals surface area contributed by atoms with Gasteiger partial charge >= 0.3 is 5.97 Å². The summed E-state index contributed by atoms with van der Waals surface area (Å²) in [5.74, 6) is 0.745. The van der Waals surface area contributed by atoms with Crippen molar-refractivity contribution in [3.8, 4) is 11.5 Å². The first-order valence-corrected chi connectivity index (χ1v) is 7.07. The molecule has 1 aliphatic carbocycles. The van der Waals surface area contributed by atoms with Crippen LogP contribution < -0.4 is 14.8 Å². The molecule has 0 unspecified atom stereocenters. The van der Waals surface area contributed by atoms with Crippen molar-refractivity contribution in [2.24, 2.45) is 0 Å². The minimum atomic E-state index is -0.769. The normalized spacial score (nSPS) is 19.8. The van der Waals surface area contributed by atoms with Crippen molar-refractivity contribution < 1.29 is 19.4 Å². The summed E-state index contributed by atoms with van der Waals surface area (Å²) in [5, 5.41) is 12.8. The lowest BCUT2D eigenvalue weighted by Gasteiger charge is -2.34. The van der Waals surface area contributed by atoms with Crippen molar-refractivity contribution in [3.05, 3.63) is 23.8 Å². The SMILES string of the molecule is O=C(O)C1(NCc2ccc3c(c2)OCO3)CCCCC1. The number of nitrogens with one attached hydrogen (secondary N) is 1. The fourth-order valence-corrected chi connectivity index (χ4v) is 2.94. The molecule has 2 N–H and O–H groups in total. The number of rotatable bonds is 4. The van der Waals surface area contributed by atoms with E-state index >= 15 is 0 Å². The van der Waals surface area contributed by atoms with Crippen LogP contribution in [0.15, 0.2) is 18.2 Å². The Balaban J connectivity index is 1.69. The van der Waals surface area contributed by atoms with E-state index in [9.17, 15) is 9.90 Å². The van der Waals surface area contributed by atoms with Crippen LogP contribution in [0.25, 0.3) is 0 Å². The second-order valence-electron chi connectivity index (χ2n) is 5.49. The summed E-state index contributed by atoms with van der Waals surface area (Å²) < 4.78 is 10.6. The van der Waals surface area contributed by atoms with Gasteiger partial charge in [0, 0.05) is 6.54 Å². The standard InChI is InChI=1S/C15H19NO4/c17-14(18)15(6-2-1-3-7-15)16-9-11-4-5-12-13(8-11)20-10-19-12/h4-5,8,16H,1-3,6-7,9-10H2,(H,17,18). The van der Waals surface area contributed by atoms with E-state index in [2.05, 4.69) is 5.32 Å². The molecule has 1 aliphatic heterocycles. The van der Waals surface area contributed by atoms with E-state index in [-0.39, 0.29) is 6.79 Å². The van der Waals surface area contributed by atoms with Gasteiger partial charge in [-0.1, -0.05) is 25.3 Å². The Hall–Kier alpha value is -1.75. The number of hydrogen-bond donors (Lipinski definition) is 2. The molecule has 0 spiro atoms. The first kappa shape index (κ1) is 13.2. The summed E-state index contributed by atoms with van der Waals surface area (Å²) in [6.07, 6.45) is 4.47. The highest BCUT2D eigenvalue weighted by molar-refractivity contribution is 5.78. The highest BCUT2D eigenvalue weighted by atomic mass is 16.7. The number of carboxylic acids is 1. The summed E-state index contributed by atoms with van der Waals surface area (Å²) in [5.41, 5.74) is 0.245. The summed E-state index contributed by atoms with van der Waals surface area (Å²) in [7, 11) is 0. The van der Waals surface area contributed by atoms with Gasteiger partial charge in [-0.25, -0.2) is 0 Å². The first-order chi connectivity index (χ1) is 9.70. The fraction of sp³-hybridized carbons (Fsp3) is 0.533. The Bertz CT molecular complexity index is 509. The molecule has 0 aromatic heterocycles. The third-order valence-corrected chi connectivity index (χ3v) is 4.18. The highest BCUT2D eigenvalue weighted by Gasteiger charge is 2.38. The number of benzene rings is 1. The maximum absolute atomic E-state index is 11.6. The van der Waals surface area contributed by atoms with Gasteiger partial charge in [0.15, 0.2) is 11.5 Å². The van der Waals surface area contributed by atoms with Crippen LogP contribution in [0.2, 0.25) is 0 Å². The molecular weight excluding hydrogens is 258 g/mol. The predicted octanol–water partition coefficient (Wildman–Crippen LogP) is 2.29. The molecule has 5 nitrogen and oxygen atoms in total. The molecule has 3 rings (SSSR count). The largest absolute Gasteiger partial charge is 0.480 e. The van der Waals surface area contributed by atoms with Gasteiger partial charge in [-0.05, 0) is 30.5 Å². The quantitative estimate of drug-likeness (QED) is 0.884. The van der Waals surface area contributed by atoms with Crippen LogP contribution in [0.1, 0.15) is 37.7 Å². The van der Waals surface area contributed by atoms with Gasteiger partial charge in [0.1, 0.15) is 5.54 Å². The van der Waals surface area contributed by atoms with Crippen LogP contribution >= 0.6 is 0 Å². The number of hydrogen-bond acceptors (Lipinski definition) is 4. The Morgan fingerprint density at radius 1 is 1.20 bits per heavy atom. The molecule has 108 valence electrons. The molecule has 0 saturated heterocycles. The zero-order valence-corrected chi connectivity index (χ0v) is 11.4. The van der Waals surface area contributed by atoms with Gasteiger partial charge in [-0.3, -0.25) is 10.1 Å². The zero-order valence-electron chi connectivity index (χ0n) is 11.4. The average molecular weight is 277 g/mol. The van der Waals surface area contributed by atoms with Gasteiger partial charge in [0.2, 0.25) is 6.79 Å². The van der Waals surface area contributed by atoms with Crippen LogP contribution in [-0.2, 0) is 11.3 Å². The van der Waals surface area contributed by atoms with Crippen molar-refractivity contribution in [3.63, 3.8) is 0 Å². The van der Waals surface area contributed by atoms with Gasteiger partial charge in [-0.15, -0.1) is 0 Å². The second kappa shape index (κ2) is 5.32. The number of carboxylic acid groups (broad SMARTS) is 1. The molecule has 5 heteroatoms. The zero-order chi connectivity index (χ0) is 14.0. The molecule has 1 aromatic rings. The molecule has 1 fully saturated rings. The Morgan fingerprint density at radius 2 is 1.95 bits per heavy atom. The van der Waals surface area contributed by atoms with E-state index in [1.165, 1.54) is 0 Å². The number of ether oxygens (including phenoxy) is 2. The van der Waals surface area contributed by atoms with Gasteiger partial charge in [-0.2, -0.15) is 0 Å². The van der Waals surface area contributed by atoms with E-state index in [4.69, 9.17) is 9.47 Å². The van der Waals surface area contributed by atoms with Crippen LogP contribution in [-0.4, -0.2) is 23.4 Å². The minimum Gasteiger partial charge on any atom is -0.480 e. The number of fused-ring (bicyclic) bond motifs is 1. The predicted molar refractivity (Wildman–Crippen MR) is 72.9 cm³/mol. The average Bonchev–Trinajstić information content (AvgIpc) is 2.93. The molecule has 0 radical (unpaired) electrons.